The molecule has 0 spiro atoms. The van der Waals surface area contributed by atoms with Gasteiger partial charge in [0.2, 0.25) is 5.76 Å². The molecule has 1 atom stereocenters. The van der Waals surface area contributed by atoms with Gasteiger partial charge in [0.15, 0.2) is 0 Å². The van der Waals surface area contributed by atoms with Gasteiger partial charge in [0.25, 0.3) is 5.91 Å². The van der Waals surface area contributed by atoms with Gasteiger partial charge in [-0.2, -0.15) is 0 Å². The Bertz CT molecular complexity index is 467. The lowest BCUT2D eigenvalue weighted by Gasteiger charge is -2.24. The molecule has 0 bridgehead atoms. The lowest BCUT2D eigenvalue weighted by atomic mass is 9.96. The number of hydrogen-bond acceptors (Lipinski definition) is 4. The minimum atomic E-state index is -1.30. The van der Waals surface area contributed by atoms with Crippen molar-refractivity contribution < 1.29 is 19.2 Å². The number of carboxylic acids is 1. The Morgan fingerprint density at radius 2 is 2.16 bits per heavy atom. The number of carbonyl (C=O) groups excluding carboxylic acids is 1. The number of nitrogens with one attached hydrogen (secondary N) is 1. The molecule has 0 fully saturated rings. The number of aliphatic carboxylic acids is 1. The number of hydrogen-bond donors (Lipinski definition) is 2. The number of aromatic nitrogens is 1. The fraction of sp³-hybridized carbons (Fsp3) is 0.615. The Balaban J connectivity index is 2.85. The van der Waals surface area contributed by atoms with Crippen LogP contribution in [0.15, 0.2) is 10.6 Å². The van der Waals surface area contributed by atoms with Crippen LogP contribution in [-0.2, 0) is 4.79 Å². The summed E-state index contributed by atoms with van der Waals surface area (Å²) in [5, 5.41) is 15.5. The lowest BCUT2D eigenvalue weighted by Crippen LogP contribution is -2.52. The predicted molar refractivity (Wildman–Crippen MR) is 69.0 cm³/mol. The summed E-state index contributed by atoms with van der Waals surface area (Å²) >= 11 is 0. The zero-order valence-electron chi connectivity index (χ0n) is 11.7. The molecule has 1 amide bonds. The summed E-state index contributed by atoms with van der Waals surface area (Å²) in [6.45, 7) is 7.20. The normalized spacial score (nSPS) is 14.2. The van der Waals surface area contributed by atoms with Crippen LogP contribution < -0.4 is 5.32 Å². The van der Waals surface area contributed by atoms with Crippen molar-refractivity contribution >= 4 is 11.9 Å². The van der Waals surface area contributed by atoms with Crippen molar-refractivity contribution in [3.63, 3.8) is 0 Å². The summed E-state index contributed by atoms with van der Waals surface area (Å²) < 4.78 is 4.94. The summed E-state index contributed by atoms with van der Waals surface area (Å²) in [6.07, 6.45) is 0.996. The molecule has 6 nitrogen and oxygen atoms in total. The van der Waals surface area contributed by atoms with E-state index in [1.807, 2.05) is 20.8 Å². The first kappa shape index (κ1) is 15.2. The van der Waals surface area contributed by atoms with Crippen molar-refractivity contribution in [3.05, 3.63) is 17.5 Å². The van der Waals surface area contributed by atoms with E-state index in [1.54, 1.807) is 0 Å². The number of carbonyl (C=O) groups is 2. The van der Waals surface area contributed by atoms with Gasteiger partial charge >= 0.3 is 5.97 Å². The van der Waals surface area contributed by atoms with Gasteiger partial charge in [0, 0.05) is 6.07 Å². The first-order chi connectivity index (χ1) is 8.80. The van der Waals surface area contributed by atoms with Crippen molar-refractivity contribution in [3.8, 4) is 0 Å². The van der Waals surface area contributed by atoms with Crippen LogP contribution >= 0.6 is 0 Å². The van der Waals surface area contributed by atoms with E-state index < -0.39 is 17.4 Å². The van der Waals surface area contributed by atoms with Gasteiger partial charge in [-0.15, -0.1) is 0 Å². The standard InChI is InChI=1S/C13H20N2O4/c1-5-6-13(4,12(17)18)14-11(16)10-7-9(8(2)3)15-19-10/h7-8H,5-6H2,1-4H3,(H,14,16)(H,17,18). The van der Waals surface area contributed by atoms with Gasteiger partial charge in [-0.25, -0.2) is 4.79 Å². The molecule has 0 saturated carbocycles. The van der Waals surface area contributed by atoms with Crippen molar-refractivity contribution in [2.75, 3.05) is 0 Å². The minimum absolute atomic E-state index is 0.0345. The molecule has 6 heteroatoms. The molecule has 1 aromatic rings. The van der Waals surface area contributed by atoms with Crippen LogP contribution in [0.5, 0.6) is 0 Å². The Hall–Kier alpha value is -1.85. The topological polar surface area (TPSA) is 92.4 Å². The molecule has 0 saturated heterocycles. The third kappa shape index (κ3) is 3.56. The van der Waals surface area contributed by atoms with E-state index in [-0.39, 0.29) is 11.7 Å². The number of rotatable bonds is 6. The monoisotopic (exact) mass is 268 g/mol. The summed E-state index contributed by atoms with van der Waals surface area (Å²) in [4.78, 5) is 23.2. The molecule has 1 heterocycles. The van der Waals surface area contributed by atoms with Gasteiger partial charge in [-0.05, 0) is 19.3 Å². The average molecular weight is 268 g/mol. The molecule has 1 unspecified atom stereocenters. The molecule has 1 aromatic heterocycles. The number of carboxylic acid groups (broad SMARTS) is 1. The molecule has 0 radical (unpaired) electrons. The van der Waals surface area contributed by atoms with E-state index in [1.165, 1.54) is 13.0 Å². The second kappa shape index (κ2) is 5.86. The largest absolute Gasteiger partial charge is 0.480 e. The van der Waals surface area contributed by atoms with Gasteiger partial charge in [-0.1, -0.05) is 32.3 Å². The summed E-state index contributed by atoms with van der Waals surface area (Å²) in [5.41, 5.74) is -0.631. The van der Waals surface area contributed by atoms with Gasteiger partial charge in [-0.3, -0.25) is 4.79 Å². The van der Waals surface area contributed by atoms with Crippen molar-refractivity contribution in [2.24, 2.45) is 0 Å². The van der Waals surface area contributed by atoms with Crippen LogP contribution in [0.25, 0.3) is 0 Å². The quantitative estimate of drug-likeness (QED) is 0.824. The van der Waals surface area contributed by atoms with Crippen molar-refractivity contribution in [2.45, 2.75) is 52.0 Å². The Kier molecular flexibility index (Phi) is 4.69. The second-order valence-corrected chi connectivity index (χ2v) is 5.11. The van der Waals surface area contributed by atoms with Crippen molar-refractivity contribution in [1.29, 1.82) is 0 Å². The fourth-order valence-electron chi connectivity index (χ4n) is 1.70. The van der Waals surface area contributed by atoms with Crippen LogP contribution in [0, 0.1) is 0 Å². The zero-order valence-corrected chi connectivity index (χ0v) is 11.7. The highest BCUT2D eigenvalue weighted by molar-refractivity contribution is 5.95. The van der Waals surface area contributed by atoms with Gasteiger partial charge < -0.3 is 14.9 Å². The van der Waals surface area contributed by atoms with Crippen LogP contribution in [0.4, 0.5) is 0 Å². The lowest BCUT2D eigenvalue weighted by molar-refractivity contribution is -0.144. The summed E-state index contributed by atoms with van der Waals surface area (Å²) in [6, 6.07) is 1.54. The molecule has 0 aromatic carbocycles. The van der Waals surface area contributed by atoms with Crippen LogP contribution in [0.2, 0.25) is 0 Å². The van der Waals surface area contributed by atoms with Crippen molar-refractivity contribution in [1.82, 2.24) is 10.5 Å². The Morgan fingerprint density at radius 3 is 2.58 bits per heavy atom. The van der Waals surface area contributed by atoms with E-state index in [0.717, 1.165) is 0 Å². The van der Waals surface area contributed by atoms with E-state index in [0.29, 0.717) is 18.5 Å². The van der Waals surface area contributed by atoms with Crippen LogP contribution in [0.1, 0.15) is 62.7 Å². The number of nitrogens with zero attached hydrogens (tertiary/aromatic N) is 1. The average Bonchev–Trinajstić information content (AvgIpc) is 2.78. The van der Waals surface area contributed by atoms with E-state index in [4.69, 9.17) is 4.52 Å². The minimum Gasteiger partial charge on any atom is -0.480 e. The van der Waals surface area contributed by atoms with Gasteiger partial charge in [0.1, 0.15) is 5.54 Å². The number of amides is 1. The predicted octanol–water partition coefficient (Wildman–Crippen LogP) is 2.17. The van der Waals surface area contributed by atoms with Gasteiger partial charge in [0.05, 0.1) is 5.69 Å². The summed E-state index contributed by atoms with van der Waals surface area (Å²) in [7, 11) is 0. The highest BCUT2D eigenvalue weighted by atomic mass is 16.5. The molecule has 1 rings (SSSR count). The maximum atomic E-state index is 12.0. The molecule has 0 aliphatic rings. The third-order valence-corrected chi connectivity index (χ3v) is 2.96. The van der Waals surface area contributed by atoms with Crippen LogP contribution in [-0.4, -0.2) is 27.7 Å². The van der Waals surface area contributed by atoms with E-state index in [2.05, 4.69) is 10.5 Å². The first-order valence-corrected chi connectivity index (χ1v) is 6.32. The maximum absolute atomic E-state index is 12.0. The molecular formula is C13H20N2O4. The molecule has 19 heavy (non-hydrogen) atoms. The SMILES string of the molecule is CCCC(C)(NC(=O)c1cc(C(C)C)no1)C(=O)O. The second-order valence-electron chi connectivity index (χ2n) is 5.11. The highest BCUT2D eigenvalue weighted by Crippen LogP contribution is 2.17. The van der Waals surface area contributed by atoms with Crippen LogP contribution in [0.3, 0.4) is 0 Å². The molecule has 0 aliphatic heterocycles. The molecule has 2 N–H and O–H groups in total. The smallest absolute Gasteiger partial charge is 0.329 e. The summed E-state index contributed by atoms with van der Waals surface area (Å²) in [5.74, 6) is -1.44. The molecule has 0 aliphatic carbocycles. The molecule has 106 valence electrons. The Labute approximate surface area is 112 Å². The zero-order chi connectivity index (χ0) is 14.6. The Morgan fingerprint density at radius 1 is 1.53 bits per heavy atom. The van der Waals surface area contributed by atoms with E-state index in [9.17, 15) is 14.7 Å². The van der Waals surface area contributed by atoms with E-state index >= 15 is 0 Å². The first-order valence-electron chi connectivity index (χ1n) is 6.32. The maximum Gasteiger partial charge on any atom is 0.329 e. The molecular weight excluding hydrogens is 248 g/mol. The third-order valence-electron chi connectivity index (χ3n) is 2.96. The fourth-order valence-corrected chi connectivity index (χ4v) is 1.70. The highest BCUT2D eigenvalue weighted by Gasteiger charge is 2.35.